The molecule has 4 heteroatoms. The monoisotopic (exact) mass is 268 g/mol. The van der Waals surface area contributed by atoms with Gasteiger partial charge in [-0.2, -0.15) is 0 Å². The molecule has 0 aliphatic heterocycles. The molecular weight excluding hydrogens is 260 g/mol. The van der Waals surface area contributed by atoms with Crippen molar-refractivity contribution in [2.24, 2.45) is 5.73 Å². The van der Waals surface area contributed by atoms with Crippen molar-refractivity contribution in [3.8, 4) is 11.3 Å². The van der Waals surface area contributed by atoms with E-state index in [9.17, 15) is 0 Å². The largest absolute Gasteiger partial charge is 0.325 e. The van der Waals surface area contributed by atoms with Crippen LogP contribution in [0.3, 0.4) is 0 Å². The Morgan fingerprint density at radius 1 is 1.43 bits per heavy atom. The first kappa shape index (κ1) is 9.83. The van der Waals surface area contributed by atoms with Crippen LogP contribution in [0.4, 0.5) is 0 Å². The van der Waals surface area contributed by atoms with Crippen LogP contribution in [-0.4, -0.2) is 4.98 Å². The zero-order valence-electron chi connectivity index (χ0n) is 7.40. The van der Waals surface area contributed by atoms with Gasteiger partial charge in [0.05, 0.1) is 5.69 Å². The Hall–Kier alpha value is -0.710. The van der Waals surface area contributed by atoms with Gasteiger partial charge in [0.2, 0.25) is 0 Å². The van der Waals surface area contributed by atoms with Crippen LogP contribution in [0.1, 0.15) is 5.01 Å². The lowest BCUT2D eigenvalue weighted by molar-refractivity contribution is 1.04. The lowest BCUT2D eigenvalue weighted by Crippen LogP contribution is -1.94. The summed E-state index contributed by atoms with van der Waals surface area (Å²) in [6.07, 6.45) is 0. The predicted molar refractivity (Wildman–Crippen MR) is 63.1 cm³/mol. The Kier molecular flexibility index (Phi) is 2.96. The molecule has 1 aromatic carbocycles. The summed E-state index contributed by atoms with van der Waals surface area (Å²) in [6.45, 7) is 0.513. The maximum absolute atomic E-state index is 5.51. The van der Waals surface area contributed by atoms with Crippen LogP contribution in [-0.2, 0) is 6.54 Å². The minimum absolute atomic E-state index is 0.513. The molecule has 2 N–H and O–H groups in total. The minimum atomic E-state index is 0.513. The summed E-state index contributed by atoms with van der Waals surface area (Å²) in [6, 6.07) is 8.09. The number of thiazole rings is 1. The lowest BCUT2D eigenvalue weighted by atomic mass is 10.2. The molecule has 0 atom stereocenters. The molecule has 0 saturated carbocycles. The number of benzene rings is 1. The normalized spacial score (nSPS) is 10.4. The maximum Gasteiger partial charge on any atom is 0.107 e. The Bertz CT molecular complexity index is 439. The molecule has 0 bridgehead atoms. The Labute approximate surface area is 94.9 Å². The molecule has 0 spiro atoms. The Morgan fingerprint density at radius 3 is 2.93 bits per heavy atom. The van der Waals surface area contributed by atoms with Crippen molar-refractivity contribution in [3.63, 3.8) is 0 Å². The van der Waals surface area contributed by atoms with Crippen LogP contribution in [0.15, 0.2) is 34.1 Å². The third-order valence-electron chi connectivity index (χ3n) is 1.85. The molecule has 14 heavy (non-hydrogen) atoms. The van der Waals surface area contributed by atoms with Gasteiger partial charge in [-0.25, -0.2) is 4.98 Å². The number of rotatable bonds is 2. The van der Waals surface area contributed by atoms with Crippen molar-refractivity contribution >= 4 is 27.3 Å². The number of halogens is 1. The van der Waals surface area contributed by atoms with E-state index >= 15 is 0 Å². The van der Waals surface area contributed by atoms with E-state index in [1.807, 2.05) is 23.6 Å². The molecule has 2 nitrogen and oxygen atoms in total. The first-order chi connectivity index (χ1) is 6.79. The smallest absolute Gasteiger partial charge is 0.107 e. The van der Waals surface area contributed by atoms with E-state index in [-0.39, 0.29) is 0 Å². The molecule has 0 aliphatic carbocycles. The van der Waals surface area contributed by atoms with E-state index in [1.54, 1.807) is 11.3 Å². The van der Waals surface area contributed by atoms with Crippen LogP contribution in [0.25, 0.3) is 11.3 Å². The van der Waals surface area contributed by atoms with Crippen LogP contribution in [0.2, 0.25) is 0 Å². The fourth-order valence-electron chi connectivity index (χ4n) is 1.19. The van der Waals surface area contributed by atoms with Gasteiger partial charge in [0, 0.05) is 22.0 Å². The molecular formula is C10H9BrN2S. The van der Waals surface area contributed by atoms with Crippen molar-refractivity contribution < 1.29 is 0 Å². The van der Waals surface area contributed by atoms with E-state index in [1.165, 1.54) is 0 Å². The average molecular weight is 269 g/mol. The van der Waals surface area contributed by atoms with Crippen molar-refractivity contribution in [2.45, 2.75) is 6.54 Å². The molecule has 2 aromatic rings. The molecule has 72 valence electrons. The number of hydrogen-bond donors (Lipinski definition) is 1. The van der Waals surface area contributed by atoms with E-state index in [2.05, 4.69) is 27.0 Å². The fraction of sp³-hybridized carbons (Fsp3) is 0.100. The quantitative estimate of drug-likeness (QED) is 0.910. The highest BCUT2D eigenvalue weighted by molar-refractivity contribution is 9.10. The highest BCUT2D eigenvalue weighted by Crippen LogP contribution is 2.24. The zero-order valence-corrected chi connectivity index (χ0v) is 9.81. The van der Waals surface area contributed by atoms with Gasteiger partial charge >= 0.3 is 0 Å². The van der Waals surface area contributed by atoms with Gasteiger partial charge in [-0.3, -0.25) is 0 Å². The van der Waals surface area contributed by atoms with Gasteiger partial charge in [0.15, 0.2) is 0 Å². The number of hydrogen-bond acceptors (Lipinski definition) is 3. The van der Waals surface area contributed by atoms with E-state index in [0.717, 1.165) is 20.7 Å². The molecule has 1 aromatic heterocycles. The van der Waals surface area contributed by atoms with Crippen LogP contribution in [0.5, 0.6) is 0 Å². The first-order valence-electron chi connectivity index (χ1n) is 4.20. The second kappa shape index (κ2) is 4.21. The molecule has 1 heterocycles. The van der Waals surface area contributed by atoms with Crippen molar-refractivity contribution in [1.29, 1.82) is 0 Å². The third kappa shape index (κ3) is 2.03. The summed E-state index contributed by atoms with van der Waals surface area (Å²) in [5, 5.41) is 3.00. The average Bonchev–Trinajstić information content (AvgIpc) is 2.66. The lowest BCUT2D eigenvalue weighted by Gasteiger charge is -1.96. The summed E-state index contributed by atoms with van der Waals surface area (Å²) in [7, 11) is 0. The number of nitrogens with two attached hydrogens (primary N) is 1. The number of aromatic nitrogens is 1. The van der Waals surface area contributed by atoms with Gasteiger partial charge in [0.1, 0.15) is 5.01 Å². The molecule has 0 saturated heterocycles. The molecule has 0 aliphatic rings. The van der Waals surface area contributed by atoms with Gasteiger partial charge in [-0.1, -0.05) is 28.1 Å². The van der Waals surface area contributed by atoms with E-state index < -0.39 is 0 Å². The molecule has 0 radical (unpaired) electrons. The van der Waals surface area contributed by atoms with Crippen LogP contribution in [0, 0.1) is 0 Å². The van der Waals surface area contributed by atoms with Gasteiger partial charge in [-0.15, -0.1) is 11.3 Å². The Morgan fingerprint density at radius 2 is 2.29 bits per heavy atom. The summed E-state index contributed by atoms with van der Waals surface area (Å²) in [5.74, 6) is 0. The van der Waals surface area contributed by atoms with Crippen molar-refractivity contribution in [2.75, 3.05) is 0 Å². The molecule has 0 amide bonds. The highest BCUT2D eigenvalue weighted by Gasteiger charge is 2.03. The van der Waals surface area contributed by atoms with Gasteiger partial charge in [-0.05, 0) is 12.1 Å². The third-order valence-corrected chi connectivity index (χ3v) is 3.21. The number of nitrogens with zero attached hydrogens (tertiary/aromatic N) is 1. The SMILES string of the molecule is NCc1nc(-c2cccc(Br)c2)cs1. The van der Waals surface area contributed by atoms with Crippen molar-refractivity contribution in [1.82, 2.24) is 4.98 Å². The molecule has 2 rings (SSSR count). The van der Waals surface area contributed by atoms with Crippen LogP contribution >= 0.6 is 27.3 Å². The summed E-state index contributed by atoms with van der Waals surface area (Å²) in [4.78, 5) is 4.41. The van der Waals surface area contributed by atoms with E-state index in [0.29, 0.717) is 6.54 Å². The van der Waals surface area contributed by atoms with Gasteiger partial charge in [0.25, 0.3) is 0 Å². The van der Waals surface area contributed by atoms with Gasteiger partial charge < -0.3 is 5.73 Å². The van der Waals surface area contributed by atoms with E-state index in [4.69, 9.17) is 5.73 Å². The summed E-state index contributed by atoms with van der Waals surface area (Å²) < 4.78 is 1.07. The summed E-state index contributed by atoms with van der Waals surface area (Å²) >= 11 is 5.03. The standard InChI is InChI=1S/C10H9BrN2S/c11-8-3-1-2-7(4-8)9-6-14-10(5-12)13-9/h1-4,6H,5,12H2. The topological polar surface area (TPSA) is 38.9 Å². The second-order valence-corrected chi connectivity index (χ2v) is 4.70. The second-order valence-electron chi connectivity index (χ2n) is 2.84. The Balaban J connectivity index is 2.39. The zero-order chi connectivity index (χ0) is 9.97. The first-order valence-corrected chi connectivity index (χ1v) is 5.87. The maximum atomic E-state index is 5.51. The van der Waals surface area contributed by atoms with Crippen LogP contribution < -0.4 is 5.73 Å². The van der Waals surface area contributed by atoms with Crippen molar-refractivity contribution in [3.05, 3.63) is 39.1 Å². The fourth-order valence-corrected chi connectivity index (χ4v) is 2.27. The summed E-state index contributed by atoms with van der Waals surface area (Å²) in [5.41, 5.74) is 7.63. The molecule has 0 fully saturated rings. The predicted octanol–water partition coefficient (Wildman–Crippen LogP) is 3.03. The molecule has 0 unspecified atom stereocenters. The minimum Gasteiger partial charge on any atom is -0.325 e. The highest BCUT2D eigenvalue weighted by atomic mass is 79.9.